The summed E-state index contributed by atoms with van der Waals surface area (Å²) in [6.07, 6.45) is 3.39. The molecule has 0 aliphatic carbocycles. The number of nitrogens with one attached hydrogen (secondary N) is 1. The molecule has 2 heteroatoms. The van der Waals surface area contributed by atoms with Gasteiger partial charge in [-0.05, 0) is 12.3 Å². The molecule has 2 nitrogen and oxygen atoms in total. The van der Waals surface area contributed by atoms with Crippen molar-refractivity contribution in [1.29, 1.82) is 0 Å². The lowest BCUT2D eigenvalue weighted by atomic mass is 9.99. The van der Waals surface area contributed by atoms with Gasteiger partial charge in [-0.15, -0.1) is 0 Å². The summed E-state index contributed by atoms with van der Waals surface area (Å²) < 4.78 is 0. The Hall–Kier alpha value is -0.340. The molecule has 1 rings (SSSR count). The lowest BCUT2D eigenvalue weighted by molar-refractivity contribution is 0.571. The maximum atomic E-state index is 5.76. The zero-order chi connectivity index (χ0) is 8.27. The molecule has 64 valence electrons. The van der Waals surface area contributed by atoms with Crippen LogP contribution in [-0.4, -0.2) is 19.1 Å². The maximum Gasteiger partial charge on any atom is 0.0354 e. The molecule has 11 heavy (non-hydrogen) atoms. The molecule has 1 heterocycles. The molecule has 0 spiro atoms. The third-order valence-corrected chi connectivity index (χ3v) is 1.85. The van der Waals surface area contributed by atoms with E-state index in [0.717, 1.165) is 19.0 Å². The van der Waals surface area contributed by atoms with Crippen LogP contribution < -0.4 is 11.1 Å². The first-order valence-corrected chi connectivity index (χ1v) is 4.34. The molecule has 0 bridgehead atoms. The monoisotopic (exact) mass is 154 g/mol. The second-order valence-electron chi connectivity index (χ2n) is 3.72. The smallest absolute Gasteiger partial charge is 0.0354 e. The van der Waals surface area contributed by atoms with Gasteiger partial charge in [-0.2, -0.15) is 0 Å². The molecule has 1 aliphatic heterocycles. The van der Waals surface area contributed by atoms with Crippen LogP contribution in [0.2, 0.25) is 0 Å². The van der Waals surface area contributed by atoms with Crippen LogP contribution >= 0.6 is 0 Å². The molecular formula is C9H18N2. The van der Waals surface area contributed by atoms with E-state index >= 15 is 0 Å². The van der Waals surface area contributed by atoms with Gasteiger partial charge in [0.2, 0.25) is 0 Å². The standard InChI is InChI=1S/C9H18N2/c1-7(2)3-8-4-9(10)6-11-5-8/h4,7,9,11H,3,5-6,10H2,1-2H3. The van der Waals surface area contributed by atoms with Gasteiger partial charge in [0, 0.05) is 19.1 Å². The zero-order valence-electron chi connectivity index (χ0n) is 7.43. The van der Waals surface area contributed by atoms with Gasteiger partial charge in [-0.3, -0.25) is 0 Å². The van der Waals surface area contributed by atoms with Gasteiger partial charge in [0.05, 0.1) is 0 Å². The Kier molecular flexibility index (Phi) is 3.09. The minimum atomic E-state index is 0.234. The van der Waals surface area contributed by atoms with Crippen LogP contribution in [0.1, 0.15) is 20.3 Å². The number of hydrogen-bond donors (Lipinski definition) is 2. The molecule has 1 atom stereocenters. The van der Waals surface area contributed by atoms with Crippen molar-refractivity contribution in [3.05, 3.63) is 11.6 Å². The Labute approximate surface area is 68.9 Å². The Morgan fingerprint density at radius 1 is 1.73 bits per heavy atom. The highest BCUT2D eigenvalue weighted by atomic mass is 14.9. The molecular weight excluding hydrogens is 136 g/mol. The summed E-state index contributed by atoms with van der Waals surface area (Å²) in [6, 6.07) is 0.234. The second-order valence-corrected chi connectivity index (χ2v) is 3.72. The van der Waals surface area contributed by atoms with Crippen molar-refractivity contribution >= 4 is 0 Å². The molecule has 0 fully saturated rings. The summed E-state index contributed by atoms with van der Waals surface area (Å²) in [4.78, 5) is 0. The summed E-state index contributed by atoms with van der Waals surface area (Å²) in [5.74, 6) is 0.744. The van der Waals surface area contributed by atoms with Crippen molar-refractivity contribution in [1.82, 2.24) is 5.32 Å². The molecule has 1 aliphatic rings. The van der Waals surface area contributed by atoms with Gasteiger partial charge in [-0.25, -0.2) is 0 Å². The highest BCUT2D eigenvalue weighted by Gasteiger charge is 2.09. The van der Waals surface area contributed by atoms with Crippen LogP contribution in [0.15, 0.2) is 11.6 Å². The topological polar surface area (TPSA) is 38.0 Å². The van der Waals surface area contributed by atoms with Crippen LogP contribution in [0.4, 0.5) is 0 Å². The average molecular weight is 154 g/mol. The van der Waals surface area contributed by atoms with Gasteiger partial charge in [0.25, 0.3) is 0 Å². The second kappa shape index (κ2) is 3.88. The normalized spacial score (nSPS) is 25.5. The minimum absolute atomic E-state index is 0.234. The molecule has 0 saturated heterocycles. The highest BCUT2D eigenvalue weighted by molar-refractivity contribution is 5.12. The fourth-order valence-electron chi connectivity index (χ4n) is 1.48. The SMILES string of the molecule is CC(C)CC1=CC(N)CNC1. The van der Waals surface area contributed by atoms with Crippen molar-refractivity contribution in [2.24, 2.45) is 11.7 Å². The lowest BCUT2D eigenvalue weighted by Gasteiger charge is -2.20. The third-order valence-electron chi connectivity index (χ3n) is 1.85. The van der Waals surface area contributed by atoms with E-state index in [1.54, 1.807) is 0 Å². The van der Waals surface area contributed by atoms with Gasteiger partial charge in [0.1, 0.15) is 0 Å². The fraction of sp³-hybridized carbons (Fsp3) is 0.778. The predicted octanol–water partition coefficient (Wildman–Crippen LogP) is 0.889. The minimum Gasteiger partial charge on any atom is -0.323 e. The van der Waals surface area contributed by atoms with E-state index in [9.17, 15) is 0 Å². The van der Waals surface area contributed by atoms with Gasteiger partial charge < -0.3 is 11.1 Å². The maximum absolute atomic E-state index is 5.76. The lowest BCUT2D eigenvalue weighted by Crippen LogP contribution is -2.38. The first-order valence-electron chi connectivity index (χ1n) is 4.34. The first kappa shape index (κ1) is 8.75. The molecule has 0 aromatic heterocycles. The number of hydrogen-bond acceptors (Lipinski definition) is 2. The summed E-state index contributed by atoms with van der Waals surface area (Å²) >= 11 is 0. The van der Waals surface area contributed by atoms with Crippen molar-refractivity contribution in [2.75, 3.05) is 13.1 Å². The largest absolute Gasteiger partial charge is 0.323 e. The average Bonchev–Trinajstić information content (AvgIpc) is 1.85. The number of nitrogens with two attached hydrogens (primary N) is 1. The molecule has 3 N–H and O–H groups in total. The van der Waals surface area contributed by atoms with Crippen LogP contribution in [-0.2, 0) is 0 Å². The fourth-order valence-corrected chi connectivity index (χ4v) is 1.48. The van der Waals surface area contributed by atoms with E-state index in [1.165, 1.54) is 12.0 Å². The van der Waals surface area contributed by atoms with Crippen molar-refractivity contribution in [3.63, 3.8) is 0 Å². The van der Waals surface area contributed by atoms with E-state index in [2.05, 4.69) is 25.2 Å². The van der Waals surface area contributed by atoms with E-state index in [4.69, 9.17) is 5.73 Å². The van der Waals surface area contributed by atoms with Crippen molar-refractivity contribution in [2.45, 2.75) is 26.3 Å². The Balaban J connectivity index is 2.43. The van der Waals surface area contributed by atoms with Gasteiger partial charge >= 0.3 is 0 Å². The van der Waals surface area contributed by atoms with Crippen LogP contribution in [0.25, 0.3) is 0 Å². The summed E-state index contributed by atoms with van der Waals surface area (Å²) in [5.41, 5.74) is 7.23. The molecule has 0 aromatic rings. The first-order chi connectivity index (χ1) is 5.18. The number of rotatable bonds is 2. The van der Waals surface area contributed by atoms with E-state index in [-0.39, 0.29) is 6.04 Å². The summed E-state index contributed by atoms with van der Waals surface area (Å²) in [6.45, 7) is 6.44. The zero-order valence-corrected chi connectivity index (χ0v) is 7.43. The van der Waals surface area contributed by atoms with Crippen molar-refractivity contribution < 1.29 is 0 Å². The van der Waals surface area contributed by atoms with Crippen LogP contribution in [0.5, 0.6) is 0 Å². The third kappa shape index (κ3) is 3.04. The molecule has 0 amide bonds. The quantitative estimate of drug-likeness (QED) is 0.580. The molecule has 0 saturated carbocycles. The van der Waals surface area contributed by atoms with Gasteiger partial charge in [-0.1, -0.05) is 25.5 Å². The summed E-state index contributed by atoms with van der Waals surface area (Å²) in [5, 5.41) is 3.30. The van der Waals surface area contributed by atoms with Gasteiger partial charge in [0.15, 0.2) is 0 Å². The van der Waals surface area contributed by atoms with Crippen LogP contribution in [0, 0.1) is 5.92 Å². The summed E-state index contributed by atoms with van der Waals surface area (Å²) in [7, 11) is 0. The molecule has 1 unspecified atom stereocenters. The van der Waals surface area contributed by atoms with E-state index in [1.807, 2.05) is 0 Å². The Morgan fingerprint density at radius 3 is 3.00 bits per heavy atom. The van der Waals surface area contributed by atoms with Crippen molar-refractivity contribution in [3.8, 4) is 0 Å². The highest BCUT2D eigenvalue weighted by Crippen LogP contribution is 2.12. The Bertz CT molecular complexity index is 150. The Morgan fingerprint density at radius 2 is 2.45 bits per heavy atom. The molecule has 0 aromatic carbocycles. The van der Waals surface area contributed by atoms with E-state index in [0.29, 0.717) is 0 Å². The van der Waals surface area contributed by atoms with E-state index < -0.39 is 0 Å². The van der Waals surface area contributed by atoms with Crippen LogP contribution in [0.3, 0.4) is 0 Å². The molecule has 0 radical (unpaired) electrons. The predicted molar refractivity (Wildman–Crippen MR) is 48.4 cm³/mol.